The Hall–Kier alpha value is -1.04. The Labute approximate surface area is 68.2 Å². The Kier molecular flexibility index (Phi) is 2.69. The summed E-state index contributed by atoms with van der Waals surface area (Å²) in [6, 6.07) is -0.108. The van der Waals surface area contributed by atoms with E-state index in [0.717, 1.165) is 0 Å². The molecule has 1 atom stereocenters. The molecule has 0 aromatic carbocycles. The van der Waals surface area contributed by atoms with Crippen LogP contribution in [0.1, 0.15) is 25.0 Å². The zero-order valence-electron chi connectivity index (χ0n) is 6.59. The summed E-state index contributed by atoms with van der Waals surface area (Å²) in [6.07, 6.45) is -2.19. The molecule has 0 aliphatic rings. The molecule has 0 radical (unpaired) electrons. The van der Waals surface area contributed by atoms with E-state index in [9.17, 15) is 8.78 Å². The van der Waals surface area contributed by atoms with Gasteiger partial charge in [-0.15, -0.1) is 0 Å². The number of rotatable bonds is 3. The molecule has 68 valence electrons. The molecule has 0 fully saturated rings. The Morgan fingerprint density at radius 3 is 2.67 bits per heavy atom. The monoisotopic (exact) mass is 176 g/mol. The van der Waals surface area contributed by atoms with Crippen LogP contribution in [0, 0.1) is 0 Å². The molecular weight excluding hydrogens is 166 g/mol. The molecule has 0 amide bonds. The van der Waals surface area contributed by atoms with Gasteiger partial charge in [-0.25, -0.2) is 13.8 Å². The minimum absolute atomic E-state index is 0.108. The van der Waals surface area contributed by atoms with Gasteiger partial charge in [0.15, 0.2) is 0 Å². The highest BCUT2D eigenvalue weighted by atomic mass is 19.3. The molecule has 0 saturated carbocycles. The van der Waals surface area contributed by atoms with E-state index in [1.54, 1.807) is 6.92 Å². The average Bonchev–Trinajstić information content (AvgIpc) is 2.34. The van der Waals surface area contributed by atoms with Crippen molar-refractivity contribution in [1.29, 1.82) is 0 Å². The molecule has 1 aromatic heterocycles. The van der Waals surface area contributed by atoms with Crippen molar-refractivity contribution in [2.24, 2.45) is 5.73 Å². The summed E-state index contributed by atoms with van der Waals surface area (Å²) < 4.78 is 23.9. The van der Waals surface area contributed by atoms with Crippen LogP contribution < -0.4 is 5.73 Å². The predicted octanol–water partition coefficient (Wildman–Crippen LogP) is 0.632. The van der Waals surface area contributed by atoms with Gasteiger partial charge in [-0.2, -0.15) is 5.10 Å². The van der Waals surface area contributed by atoms with Gasteiger partial charge in [0.05, 0.1) is 0 Å². The van der Waals surface area contributed by atoms with Crippen molar-refractivity contribution in [1.82, 2.24) is 15.2 Å². The quantitative estimate of drug-likeness (QED) is 0.709. The van der Waals surface area contributed by atoms with E-state index in [1.165, 1.54) is 0 Å². The molecule has 0 aliphatic heterocycles. The number of nitrogens with one attached hydrogen (secondary N) is 1. The van der Waals surface area contributed by atoms with E-state index in [4.69, 9.17) is 5.73 Å². The first-order chi connectivity index (χ1) is 5.59. The van der Waals surface area contributed by atoms with E-state index >= 15 is 0 Å². The number of H-pyrrole nitrogens is 1. The van der Waals surface area contributed by atoms with E-state index in [2.05, 4.69) is 15.2 Å². The van der Waals surface area contributed by atoms with Crippen molar-refractivity contribution in [3.63, 3.8) is 0 Å². The summed E-state index contributed by atoms with van der Waals surface area (Å²) in [5.41, 5.74) is 5.43. The molecule has 3 N–H and O–H groups in total. The van der Waals surface area contributed by atoms with E-state index in [-0.39, 0.29) is 6.04 Å². The number of alkyl halides is 2. The van der Waals surface area contributed by atoms with Gasteiger partial charge >= 0.3 is 0 Å². The van der Waals surface area contributed by atoms with Crippen molar-refractivity contribution < 1.29 is 8.78 Å². The third kappa shape index (κ3) is 2.23. The van der Waals surface area contributed by atoms with Gasteiger partial charge in [0.1, 0.15) is 5.82 Å². The highest BCUT2D eigenvalue weighted by Gasteiger charge is 2.13. The molecule has 1 aromatic rings. The number of aromatic amines is 1. The third-order valence-corrected chi connectivity index (χ3v) is 1.26. The Morgan fingerprint density at radius 1 is 1.58 bits per heavy atom. The SMILES string of the molecule is CC(N)Cc1nc(C(F)F)n[nH]1. The summed E-state index contributed by atoms with van der Waals surface area (Å²) >= 11 is 0. The summed E-state index contributed by atoms with van der Waals surface area (Å²) in [7, 11) is 0. The lowest BCUT2D eigenvalue weighted by Crippen LogP contribution is -2.18. The first-order valence-electron chi connectivity index (χ1n) is 3.54. The lowest BCUT2D eigenvalue weighted by atomic mass is 10.2. The summed E-state index contributed by atoms with van der Waals surface area (Å²) in [5, 5.41) is 5.72. The maximum absolute atomic E-state index is 11.9. The van der Waals surface area contributed by atoms with Gasteiger partial charge in [0.2, 0.25) is 5.82 Å². The number of hydrogen-bond acceptors (Lipinski definition) is 3. The minimum Gasteiger partial charge on any atom is -0.328 e. The van der Waals surface area contributed by atoms with Gasteiger partial charge in [-0.3, -0.25) is 5.10 Å². The fourth-order valence-corrected chi connectivity index (χ4v) is 0.804. The van der Waals surface area contributed by atoms with Crippen molar-refractivity contribution in [3.8, 4) is 0 Å². The third-order valence-electron chi connectivity index (χ3n) is 1.26. The van der Waals surface area contributed by atoms with Crippen LogP contribution in [0.3, 0.4) is 0 Å². The number of nitrogens with two attached hydrogens (primary N) is 1. The van der Waals surface area contributed by atoms with E-state index in [1.807, 2.05) is 0 Å². The second kappa shape index (κ2) is 3.57. The zero-order chi connectivity index (χ0) is 9.14. The lowest BCUT2D eigenvalue weighted by Gasteiger charge is -1.98. The molecule has 1 heterocycles. The van der Waals surface area contributed by atoms with Gasteiger partial charge in [-0.05, 0) is 6.92 Å². The van der Waals surface area contributed by atoms with Gasteiger partial charge in [0, 0.05) is 12.5 Å². The van der Waals surface area contributed by atoms with Crippen molar-refractivity contribution in [2.45, 2.75) is 25.8 Å². The molecule has 1 rings (SSSR count). The fraction of sp³-hybridized carbons (Fsp3) is 0.667. The van der Waals surface area contributed by atoms with Crippen LogP contribution in [0.4, 0.5) is 8.78 Å². The van der Waals surface area contributed by atoms with E-state index < -0.39 is 12.2 Å². The molecule has 0 aliphatic carbocycles. The smallest absolute Gasteiger partial charge is 0.299 e. The highest BCUT2D eigenvalue weighted by Crippen LogP contribution is 2.13. The maximum Gasteiger partial charge on any atom is 0.299 e. The highest BCUT2D eigenvalue weighted by molar-refractivity contribution is 4.92. The summed E-state index contributed by atoms with van der Waals surface area (Å²) in [6.45, 7) is 1.77. The maximum atomic E-state index is 11.9. The second-order valence-corrected chi connectivity index (χ2v) is 2.62. The molecule has 6 heteroatoms. The molecular formula is C6H10F2N4. The topological polar surface area (TPSA) is 67.6 Å². The van der Waals surface area contributed by atoms with Crippen LogP contribution in [0.2, 0.25) is 0 Å². The molecule has 0 bridgehead atoms. The predicted molar refractivity (Wildman–Crippen MR) is 38.7 cm³/mol. The van der Waals surface area contributed by atoms with Crippen LogP contribution >= 0.6 is 0 Å². The standard InChI is InChI=1S/C6H10F2N4/c1-3(9)2-4-10-6(5(7)8)12-11-4/h3,5H,2,9H2,1H3,(H,10,11,12). The molecule has 1 unspecified atom stereocenters. The molecule has 0 saturated heterocycles. The van der Waals surface area contributed by atoms with Crippen LogP contribution in [0.5, 0.6) is 0 Å². The number of nitrogens with zero attached hydrogens (tertiary/aromatic N) is 2. The van der Waals surface area contributed by atoms with Crippen molar-refractivity contribution >= 4 is 0 Å². The minimum atomic E-state index is -2.62. The number of halogens is 2. The first kappa shape index (κ1) is 9.05. The second-order valence-electron chi connectivity index (χ2n) is 2.62. The van der Waals surface area contributed by atoms with Gasteiger partial charge in [0.25, 0.3) is 6.43 Å². The first-order valence-corrected chi connectivity index (χ1v) is 3.54. The van der Waals surface area contributed by atoms with Gasteiger partial charge < -0.3 is 5.73 Å². The Balaban J connectivity index is 2.64. The molecule has 4 nitrogen and oxygen atoms in total. The van der Waals surface area contributed by atoms with Crippen LogP contribution in [0.25, 0.3) is 0 Å². The van der Waals surface area contributed by atoms with Crippen LogP contribution in [-0.2, 0) is 6.42 Å². The number of hydrogen-bond donors (Lipinski definition) is 2. The summed E-state index contributed by atoms with van der Waals surface area (Å²) in [4.78, 5) is 3.55. The van der Waals surface area contributed by atoms with Crippen LogP contribution in [-0.4, -0.2) is 21.2 Å². The normalized spacial score (nSPS) is 13.8. The van der Waals surface area contributed by atoms with Crippen LogP contribution in [0.15, 0.2) is 0 Å². The molecule has 0 spiro atoms. The average molecular weight is 176 g/mol. The van der Waals surface area contributed by atoms with Crippen molar-refractivity contribution in [3.05, 3.63) is 11.6 Å². The Bertz CT molecular complexity index is 245. The summed E-state index contributed by atoms with van der Waals surface area (Å²) in [5.74, 6) is -0.0639. The molecule has 12 heavy (non-hydrogen) atoms. The number of aromatic nitrogens is 3. The fourth-order valence-electron chi connectivity index (χ4n) is 0.804. The van der Waals surface area contributed by atoms with Crippen molar-refractivity contribution in [2.75, 3.05) is 0 Å². The largest absolute Gasteiger partial charge is 0.328 e. The lowest BCUT2D eigenvalue weighted by molar-refractivity contribution is 0.140. The zero-order valence-corrected chi connectivity index (χ0v) is 6.59. The van der Waals surface area contributed by atoms with E-state index in [0.29, 0.717) is 12.2 Å². The van der Waals surface area contributed by atoms with Gasteiger partial charge in [-0.1, -0.05) is 0 Å². The Morgan fingerprint density at radius 2 is 2.25 bits per heavy atom.